The average molecular weight is 213 g/mol. The third-order valence-electron chi connectivity index (χ3n) is 2.57. The molecule has 16 heavy (non-hydrogen) atoms. The molecule has 0 saturated heterocycles. The van der Waals surface area contributed by atoms with Crippen LogP contribution in [0.15, 0.2) is 30.3 Å². The quantitative estimate of drug-likeness (QED) is 0.636. The van der Waals surface area contributed by atoms with Gasteiger partial charge in [-0.2, -0.15) is 5.26 Å². The molecule has 1 aromatic rings. The van der Waals surface area contributed by atoms with Crippen molar-refractivity contribution in [3.8, 4) is 6.07 Å². The van der Waals surface area contributed by atoms with Gasteiger partial charge < -0.3 is 0 Å². The Labute approximate surface area is 98.4 Å². The number of unbranched alkanes of at least 4 members (excludes halogenated alkanes) is 4. The smallest absolute Gasteiger partial charge is 0.0991 e. The molecular formula is C15H19N. The first-order chi connectivity index (χ1) is 7.86. The third kappa shape index (κ3) is 4.79. The van der Waals surface area contributed by atoms with Gasteiger partial charge in [-0.05, 0) is 30.5 Å². The minimum absolute atomic E-state index is 0.722. The lowest BCUT2D eigenvalue weighted by Crippen LogP contribution is -1.76. The number of hydrogen-bond acceptors (Lipinski definition) is 1. The van der Waals surface area contributed by atoms with Crippen LogP contribution in [0.25, 0.3) is 6.08 Å². The number of benzene rings is 1. The minimum Gasteiger partial charge on any atom is -0.192 e. The lowest BCUT2D eigenvalue weighted by molar-refractivity contribution is 0.675. The van der Waals surface area contributed by atoms with E-state index in [0.717, 1.165) is 12.0 Å². The van der Waals surface area contributed by atoms with Gasteiger partial charge in [0.15, 0.2) is 0 Å². The first-order valence-corrected chi connectivity index (χ1v) is 6.03. The Balaban J connectivity index is 2.30. The van der Waals surface area contributed by atoms with E-state index in [9.17, 15) is 0 Å². The van der Waals surface area contributed by atoms with Crippen LogP contribution < -0.4 is 0 Å². The summed E-state index contributed by atoms with van der Waals surface area (Å²) >= 11 is 0. The zero-order chi connectivity index (χ0) is 11.6. The van der Waals surface area contributed by atoms with Gasteiger partial charge in [-0.15, -0.1) is 0 Å². The molecule has 0 radical (unpaired) electrons. The van der Waals surface area contributed by atoms with Crippen LogP contribution in [-0.2, 0) is 0 Å². The summed E-state index contributed by atoms with van der Waals surface area (Å²) in [6.45, 7) is 2.23. The molecule has 0 atom stereocenters. The number of hydrogen-bond donors (Lipinski definition) is 0. The van der Waals surface area contributed by atoms with Crippen molar-refractivity contribution in [3.05, 3.63) is 41.5 Å². The minimum atomic E-state index is 0.722. The first kappa shape index (κ1) is 12.5. The van der Waals surface area contributed by atoms with E-state index < -0.39 is 0 Å². The van der Waals surface area contributed by atoms with E-state index in [-0.39, 0.29) is 0 Å². The van der Waals surface area contributed by atoms with E-state index in [2.05, 4.69) is 25.1 Å². The molecule has 0 spiro atoms. The van der Waals surface area contributed by atoms with Crippen LogP contribution in [0.5, 0.6) is 0 Å². The molecule has 0 saturated carbocycles. The van der Waals surface area contributed by atoms with Crippen molar-refractivity contribution in [1.82, 2.24) is 0 Å². The lowest BCUT2D eigenvalue weighted by atomic mass is 10.1. The van der Waals surface area contributed by atoms with Gasteiger partial charge in [-0.1, -0.05) is 50.5 Å². The SMILES string of the molecule is CCCCCCC=Cc1ccc(C#N)cc1. The molecule has 0 aliphatic carbocycles. The summed E-state index contributed by atoms with van der Waals surface area (Å²) in [5.74, 6) is 0. The summed E-state index contributed by atoms with van der Waals surface area (Å²) in [5.41, 5.74) is 1.90. The van der Waals surface area contributed by atoms with Gasteiger partial charge in [0.2, 0.25) is 0 Å². The number of nitriles is 1. The molecule has 0 unspecified atom stereocenters. The van der Waals surface area contributed by atoms with Crippen LogP contribution in [0, 0.1) is 11.3 Å². The zero-order valence-electron chi connectivity index (χ0n) is 9.95. The normalized spacial score (nSPS) is 10.5. The predicted molar refractivity (Wildman–Crippen MR) is 69.0 cm³/mol. The Hall–Kier alpha value is -1.55. The molecule has 0 N–H and O–H groups in total. The molecular weight excluding hydrogens is 194 g/mol. The molecule has 0 amide bonds. The molecule has 1 heteroatoms. The van der Waals surface area contributed by atoms with Crippen molar-refractivity contribution < 1.29 is 0 Å². The van der Waals surface area contributed by atoms with Crippen LogP contribution in [-0.4, -0.2) is 0 Å². The molecule has 0 aliphatic heterocycles. The molecule has 1 aromatic carbocycles. The van der Waals surface area contributed by atoms with Gasteiger partial charge in [-0.3, -0.25) is 0 Å². The number of nitrogens with zero attached hydrogens (tertiary/aromatic N) is 1. The second-order valence-corrected chi connectivity index (χ2v) is 3.99. The van der Waals surface area contributed by atoms with Crippen molar-refractivity contribution >= 4 is 6.08 Å². The summed E-state index contributed by atoms with van der Waals surface area (Å²) in [6.07, 6.45) is 10.7. The third-order valence-corrected chi connectivity index (χ3v) is 2.57. The summed E-state index contributed by atoms with van der Waals surface area (Å²) < 4.78 is 0. The highest BCUT2D eigenvalue weighted by Gasteiger charge is 1.89. The first-order valence-electron chi connectivity index (χ1n) is 6.03. The van der Waals surface area contributed by atoms with Gasteiger partial charge in [0.05, 0.1) is 11.6 Å². The van der Waals surface area contributed by atoms with E-state index >= 15 is 0 Å². The molecule has 0 heterocycles. The van der Waals surface area contributed by atoms with Gasteiger partial charge in [0, 0.05) is 0 Å². The van der Waals surface area contributed by atoms with E-state index in [1.807, 2.05) is 24.3 Å². The summed E-state index contributed by atoms with van der Waals surface area (Å²) in [5, 5.41) is 8.66. The topological polar surface area (TPSA) is 23.8 Å². The Bertz CT molecular complexity index is 354. The molecule has 0 fully saturated rings. The molecule has 0 aromatic heterocycles. The molecule has 0 aliphatic rings. The Morgan fingerprint density at radius 3 is 2.50 bits per heavy atom. The van der Waals surface area contributed by atoms with Crippen LogP contribution in [0.4, 0.5) is 0 Å². The largest absolute Gasteiger partial charge is 0.192 e. The fraction of sp³-hybridized carbons (Fsp3) is 0.400. The van der Waals surface area contributed by atoms with Crippen LogP contribution in [0.3, 0.4) is 0 Å². The number of allylic oxidation sites excluding steroid dienone is 1. The number of rotatable bonds is 6. The van der Waals surface area contributed by atoms with Crippen molar-refractivity contribution in [2.24, 2.45) is 0 Å². The molecule has 84 valence electrons. The summed E-state index contributed by atoms with van der Waals surface area (Å²) in [7, 11) is 0. The fourth-order valence-corrected chi connectivity index (χ4v) is 1.58. The van der Waals surface area contributed by atoms with E-state index in [1.165, 1.54) is 31.2 Å². The van der Waals surface area contributed by atoms with Crippen LogP contribution in [0.1, 0.15) is 50.2 Å². The molecule has 0 bridgehead atoms. The van der Waals surface area contributed by atoms with E-state index in [4.69, 9.17) is 5.26 Å². The van der Waals surface area contributed by atoms with Gasteiger partial charge in [-0.25, -0.2) is 0 Å². The van der Waals surface area contributed by atoms with Crippen molar-refractivity contribution in [2.75, 3.05) is 0 Å². The summed E-state index contributed by atoms with van der Waals surface area (Å²) in [6, 6.07) is 9.81. The molecule has 1 nitrogen and oxygen atoms in total. The van der Waals surface area contributed by atoms with Gasteiger partial charge in [0.1, 0.15) is 0 Å². The fourth-order valence-electron chi connectivity index (χ4n) is 1.58. The van der Waals surface area contributed by atoms with E-state index in [0.29, 0.717) is 0 Å². The zero-order valence-corrected chi connectivity index (χ0v) is 9.95. The van der Waals surface area contributed by atoms with E-state index in [1.54, 1.807) is 0 Å². The van der Waals surface area contributed by atoms with Gasteiger partial charge >= 0.3 is 0 Å². The van der Waals surface area contributed by atoms with Gasteiger partial charge in [0.25, 0.3) is 0 Å². The standard InChI is InChI=1S/C15H19N/c1-2-3-4-5-6-7-8-14-9-11-15(13-16)12-10-14/h7-12H,2-6H2,1H3. The lowest BCUT2D eigenvalue weighted by Gasteiger charge is -1.95. The Morgan fingerprint density at radius 2 is 1.88 bits per heavy atom. The monoisotopic (exact) mass is 213 g/mol. The highest BCUT2D eigenvalue weighted by Crippen LogP contribution is 2.08. The average Bonchev–Trinajstić information content (AvgIpc) is 2.34. The highest BCUT2D eigenvalue weighted by molar-refractivity contribution is 5.50. The maximum absolute atomic E-state index is 8.66. The van der Waals surface area contributed by atoms with Crippen molar-refractivity contribution in [2.45, 2.75) is 39.0 Å². The highest BCUT2D eigenvalue weighted by atomic mass is 14.2. The maximum atomic E-state index is 8.66. The Kier molecular flexibility index (Phi) is 6.03. The van der Waals surface area contributed by atoms with Crippen molar-refractivity contribution in [3.63, 3.8) is 0 Å². The van der Waals surface area contributed by atoms with Crippen LogP contribution >= 0.6 is 0 Å². The van der Waals surface area contributed by atoms with Crippen LogP contribution in [0.2, 0.25) is 0 Å². The second kappa shape index (κ2) is 7.70. The maximum Gasteiger partial charge on any atom is 0.0991 e. The predicted octanol–water partition coefficient (Wildman–Crippen LogP) is 4.54. The Morgan fingerprint density at radius 1 is 1.12 bits per heavy atom. The molecule has 1 rings (SSSR count). The second-order valence-electron chi connectivity index (χ2n) is 3.99. The summed E-state index contributed by atoms with van der Waals surface area (Å²) in [4.78, 5) is 0. The van der Waals surface area contributed by atoms with Crippen molar-refractivity contribution in [1.29, 1.82) is 5.26 Å².